The van der Waals surface area contributed by atoms with Crippen LogP contribution in [0.5, 0.6) is 0 Å². The van der Waals surface area contributed by atoms with Gasteiger partial charge < -0.3 is 9.97 Å². The molecule has 2 aromatic rings. The van der Waals surface area contributed by atoms with Gasteiger partial charge in [0.15, 0.2) is 0 Å². The second-order valence-electron chi connectivity index (χ2n) is 3.36. The molecule has 0 atom stereocenters. The number of fused-ring (bicyclic) bond motifs is 1. The lowest BCUT2D eigenvalue weighted by atomic mass is 10.2. The summed E-state index contributed by atoms with van der Waals surface area (Å²) in [6.07, 6.45) is 0. The standard InChI is InChI=1S/C9H9N3O3/c1-3-6-5(4(2)10-7(3)13)8(14)12-9(15)11-6/h1-2H3,(H,10,13)(H2,11,12,14,15). The van der Waals surface area contributed by atoms with E-state index in [2.05, 4.69) is 15.0 Å². The Hall–Kier alpha value is -2.11. The van der Waals surface area contributed by atoms with Crippen LogP contribution in [0.1, 0.15) is 11.3 Å². The molecule has 0 fully saturated rings. The third kappa shape index (κ3) is 1.30. The maximum Gasteiger partial charge on any atom is 0.326 e. The Kier molecular flexibility index (Phi) is 1.85. The molecule has 3 N–H and O–H groups in total. The average Bonchev–Trinajstić information content (AvgIpc) is 2.12. The van der Waals surface area contributed by atoms with Crippen LogP contribution >= 0.6 is 0 Å². The highest BCUT2D eigenvalue weighted by Gasteiger charge is 2.09. The summed E-state index contributed by atoms with van der Waals surface area (Å²) in [5, 5.41) is 0.312. The van der Waals surface area contributed by atoms with Crippen molar-refractivity contribution < 1.29 is 0 Å². The topological polar surface area (TPSA) is 98.6 Å². The van der Waals surface area contributed by atoms with E-state index < -0.39 is 11.2 Å². The van der Waals surface area contributed by atoms with Gasteiger partial charge in [-0.25, -0.2) is 4.79 Å². The van der Waals surface area contributed by atoms with Crippen molar-refractivity contribution >= 4 is 10.9 Å². The molecule has 0 saturated heterocycles. The van der Waals surface area contributed by atoms with E-state index in [9.17, 15) is 14.4 Å². The number of H-pyrrole nitrogens is 3. The highest BCUT2D eigenvalue weighted by Crippen LogP contribution is 2.08. The minimum atomic E-state index is -0.611. The quantitative estimate of drug-likeness (QED) is 0.544. The smallest absolute Gasteiger partial charge is 0.325 e. The van der Waals surface area contributed by atoms with Gasteiger partial charge in [-0.15, -0.1) is 0 Å². The molecule has 0 bridgehead atoms. The number of rotatable bonds is 0. The van der Waals surface area contributed by atoms with Gasteiger partial charge in [-0.2, -0.15) is 0 Å². The number of pyridine rings is 1. The van der Waals surface area contributed by atoms with Gasteiger partial charge in [0.2, 0.25) is 0 Å². The molecule has 0 unspecified atom stereocenters. The molecule has 0 aromatic carbocycles. The summed E-state index contributed by atoms with van der Waals surface area (Å²) in [6, 6.07) is 0. The van der Waals surface area contributed by atoms with Crippen molar-refractivity contribution in [2.24, 2.45) is 0 Å². The largest absolute Gasteiger partial charge is 0.326 e. The highest BCUT2D eigenvalue weighted by atomic mass is 16.2. The van der Waals surface area contributed by atoms with Crippen molar-refractivity contribution in [2.45, 2.75) is 13.8 Å². The van der Waals surface area contributed by atoms with Crippen LogP contribution in [0.15, 0.2) is 14.4 Å². The Labute approximate surface area is 83.0 Å². The number of hydrogen-bond donors (Lipinski definition) is 3. The van der Waals surface area contributed by atoms with Crippen LogP contribution in [0.3, 0.4) is 0 Å². The van der Waals surface area contributed by atoms with E-state index in [1.54, 1.807) is 13.8 Å². The van der Waals surface area contributed by atoms with Gasteiger partial charge in [0.05, 0.1) is 10.9 Å². The van der Waals surface area contributed by atoms with Crippen LogP contribution in [0.4, 0.5) is 0 Å². The first kappa shape index (κ1) is 9.45. The van der Waals surface area contributed by atoms with E-state index in [1.165, 1.54) is 0 Å². The summed E-state index contributed by atoms with van der Waals surface area (Å²) >= 11 is 0. The predicted octanol–water partition coefficient (Wildman–Crippen LogP) is -0.478. The highest BCUT2D eigenvalue weighted by molar-refractivity contribution is 5.81. The van der Waals surface area contributed by atoms with E-state index in [4.69, 9.17) is 0 Å². The molecule has 6 heteroatoms. The van der Waals surface area contributed by atoms with Gasteiger partial charge in [-0.3, -0.25) is 14.6 Å². The third-order valence-electron chi connectivity index (χ3n) is 2.33. The molecule has 78 valence electrons. The summed E-state index contributed by atoms with van der Waals surface area (Å²) < 4.78 is 0. The Morgan fingerprint density at radius 2 is 1.53 bits per heavy atom. The molecule has 2 heterocycles. The van der Waals surface area contributed by atoms with Crippen LogP contribution in [0, 0.1) is 13.8 Å². The number of nitrogens with one attached hydrogen (secondary N) is 3. The van der Waals surface area contributed by atoms with Crippen molar-refractivity contribution in [1.29, 1.82) is 0 Å². The molecule has 0 spiro atoms. The van der Waals surface area contributed by atoms with Gasteiger partial charge in [-0.1, -0.05) is 0 Å². The molecule has 0 saturated carbocycles. The van der Waals surface area contributed by atoms with Crippen molar-refractivity contribution in [3.63, 3.8) is 0 Å². The van der Waals surface area contributed by atoms with E-state index in [0.717, 1.165) is 0 Å². The SMILES string of the molecule is Cc1c(=O)[nH]c(C)c2c(=O)[nH]c(=O)[nH]c12. The van der Waals surface area contributed by atoms with Crippen molar-refractivity contribution in [1.82, 2.24) is 15.0 Å². The fraction of sp³-hybridized carbons (Fsp3) is 0.222. The third-order valence-corrected chi connectivity index (χ3v) is 2.33. The molecule has 0 aliphatic carbocycles. The molecule has 0 radical (unpaired) electrons. The zero-order valence-corrected chi connectivity index (χ0v) is 8.22. The number of aromatic nitrogens is 3. The van der Waals surface area contributed by atoms with Crippen LogP contribution in [-0.4, -0.2) is 15.0 Å². The average molecular weight is 207 g/mol. The van der Waals surface area contributed by atoms with Gasteiger partial charge in [0.25, 0.3) is 11.1 Å². The minimum Gasteiger partial charge on any atom is -0.325 e. The lowest BCUT2D eigenvalue weighted by molar-refractivity contribution is 1.04. The van der Waals surface area contributed by atoms with E-state index in [1.807, 2.05) is 0 Å². The van der Waals surface area contributed by atoms with E-state index >= 15 is 0 Å². The first-order chi connectivity index (χ1) is 7.00. The molecule has 0 aliphatic heterocycles. The summed E-state index contributed by atoms with van der Waals surface area (Å²) in [6.45, 7) is 3.16. The fourth-order valence-corrected chi connectivity index (χ4v) is 1.57. The molecule has 6 nitrogen and oxygen atoms in total. The molecule has 0 aliphatic rings. The predicted molar refractivity (Wildman–Crippen MR) is 55.3 cm³/mol. The molecule has 2 rings (SSSR count). The molecule has 15 heavy (non-hydrogen) atoms. The first-order valence-electron chi connectivity index (χ1n) is 4.36. The van der Waals surface area contributed by atoms with Crippen molar-refractivity contribution in [2.75, 3.05) is 0 Å². The zero-order chi connectivity index (χ0) is 11.2. The minimum absolute atomic E-state index is 0.296. The fourth-order valence-electron chi connectivity index (χ4n) is 1.57. The van der Waals surface area contributed by atoms with Gasteiger partial charge in [-0.05, 0) is 13.8 Å². The van der Waals surface area contributed by atoms with Crippen molar-refractivity contribution in [3.8, 4) is 0 Å². The van der Waals surface area contributed by atoms with E-state index in [-0.39, 0.29) is 5.56 Å². The van der Waals surface area contributed by atoms with Crippen LogP contribution in [0.2, 0.25) is 0 Å². The molecule has 2 aromatic heterocycles. The van der Waals surface area contributed by atoms with Gasteiger partial charge in [0.1, 0.15) is 0 Å². The van der Waals surface area contributed by atoms with Gasteiger partial charge in [0, 0.05) is 11.3 Å². The normalized spacial score (nSPS) is 10.8. The van der Waals surface area contributed by atoms with Crippen LogP contribution in [-0.2, 0) is 0 Å². The van der Waals surface area contributed by atoms with Crippen LogP contribution in [0.25, 0.3) is 10.9 Å². The second kappa shape index (κ2) is 2.94. The van der Waals surface area contributed by atoms with E-state index in [0.29, 0.717) is 22.2 Å². The Balaban J connectivity index is 3.24. The number of aromatic amines is 3. The summed E-state index contributed by atoms with van der Waals surface area (Å²) in [4.78, 5) is 41.0. The molecular weight excluding hydrogens is 198 g/mol. The Morgan fingerprint density at radius 3 is 2.20 bits per heavy atom. The Bertz CT molecular complexity index is 705. The maximum atomic E-state index is 11.5. The zero-order valence-electron chi connectivity index (χ0n) is 8.22. The second-order valence-corrected chi connectivity index (χ2v) is 3.36. The monoisotopic (exact) mass is 207 g/mol. The molecular formula is C9H9N3O3. The number of aryl methyl sites for hydroxylation is 2. The Morgan fingerprint density at radius 1 is 0.867 bits per heavy atom. The lowest BCUT2D eigenvalue weighted by Gasteiger charge is -2.02. The summed E-state index contributed by atoms with van der Waals surface area (Å²) in [5.41, 5.74) is -0.339. The summed E-state index contributed by atoms with van der Waals surface area (Å²) in [5.74, 6) is 0. The van der Waals surface area contributed by atoms with Crippen molar-refractivity contribution in [3.05, 3.63) is 42.4 Å². The van der Waals surface area contributed by atoms with Crippen LogP contribution < -0.4 is 16.8 Å². The summed E-state index contributed by atoms with van der Waals surface area (Å²) in [7, 11) is 0. The number of hydrogen-bond acceptors (Lipinski definition) is 3. The molecule has 0 amide bonds. The first-order valence-corrected chi connectivity index (χ1v) is 4.36. The van der Waals surface area contributed by atoms with Gasteiger partial charge >= 0.3 is 5.69 Å². The maximum absolute atomic E-state index is 11.5. The lowest BCUT2D eigenvalue weighted by Crippen LogP contribution is -2.26.